The predicted molar refractivity (Wildman–Crippen MR) is 143 cm³/mol. The van der Waals surface area contributed by atoms with Gasteiger partial charge in [0, 0.05) is 12.2 Å². The minimum Gasteiger partial charge on any atom is -0.384 e. The van der Waals surface area contributed by atoms with Crippen molar-refractivity contribution in [1.29, 1.82) is 0 Å². The Hall–Kier alpha value is -3.71. The van der Waals surface area contributed by atoms with Gasteiger partial charge < -0.3 is 21.3 Å². The van der Waals surface area contributed by atoms with Gasteiger partial charge in [-0.05, 0) is 72.9 Å². The van der Waals surface area contributed by atoms with E-state index in [0.29, 0.717) is 24.7 Å². The summed E-state index contributed by atoms with van der Waals surface area (Å²) in [6.07, 6.45) is 4.07. The maximum absolute atomic E-state index is 13.3. The fraction of sp³-hybridized carbons (Fsp3) is 0.367. The first-order chi connectivity index (χ1) is 18.0. The highest BCUT2D eigenvalue weighted by Gasteiger charge is 2.43. The number of fused-ring (bicyclic) bond motifs is 1. The molecule has 2 aromatic carbocycles. The molecule has 3 heterocycles. The molecule has 4 atom stereocenters. The maximum atomic E-state index is 13.3. The van der Waals surface area contributed by atoms with Gasteiger partial charge in [0.05, 0.1) is 12.1 Å². The summed E-state index contributed by atoms with van der Waals surface area (Å²) in [5.41, 5.74) is 11.5. The molecule has 2 aliphatic heterocycles. The normalized spacial score (nSPS) is 24.4. The van der Waals surface area contributed by atoms with Crippen molar-refractivity contribution < 1.29 is 9.59 Å². The van der Waals surface area contributed by atoms with Crippen LogP contribution in [0, 0.1) is 5.92 Å². The number of nitrogens with two attached hydrogens (primary N) is 1. The number of amides is 2. The fourth-order valence-electron chi connectivity index (χ4n) is 5.97. The predicted octanol–water partition coefficient (Wildman–Crippen LogP) is 3.26. The molecule has 7 heteroatoms. The zero-order valence-corrected chi connectivity index (χ0v) is 20.9. The van der Waals surface area contributed by atoms with Gasteiger partial charge in [0.25, 0.3) is 0 Å². The molecule has 1 aliphatic carbocycles. The lowest BCUT2D eigenvalue weighted by Gasteiger charge is -2.41. The third kappa shape index (κ3) is 4.83. The van der Waals surface area contributed by atoms with Crippen molar-refractivity contribution in [2.24, 2.45) is 5.92 Å². The molecule has 2 saturated heterocycles. The van der Waals surface area contributed by atoms with Gasteiger partial charge in [-0.1, -0.05) is 60.7 Å². The molecular weight excluding hydrogens is 462 g/mol. The summed E-state index contributed by atoms with van der Waals surface area (Å²) >= 11 is 0. The van der Waals surface area contributed by atoms with E-state index in [9.17, 15) is 9.59 Å². The molecule has 6 rings (SSSR count). The van der Waals surface area contributed by atoms with Crippen LogP contribution in [0.5, 0.6) is 0 Å². The molecule has 0 radical (unpaired) electrons. The van der Waals surface area contributed by atoms with Crippen LogP contribution in [0.25, 0.3) is 11.1 Å². The number of pyridine rings is 1. The number of nitrogen functional groups attached to an aromatic ring is 1. The average Bonchev–Trinajstić information content (AvgIpc) is 3.51. The van der Waals surface area contributed by atoms with Gasteiger partial charge in [-0.25, -0.2) is 4.98 Å². The van der Waals surface area contributed by atoms with Crippen LogP contribution in [0.1, 0.15) is 42.1 Å². The lowest BCUT2D eigenvalue weighted by atomic mass is 9.93. The zero-order valence-electron chi connectivity index (χ0n) is 20.9. The first-order valence-electron chi connectivity index (χ1n) is 13.3. The second-order valence-corrected chi connectivity index (χ2v) is 10.5. The van der Waals surface area contributed by atoms with Crippen LogP contribution in [-0.2, 0) is 22.4 Å². The summed E-state index contributed by atoms with van der Waals surface area (Å²) in [4.78, 5) is 32.5. The fourth-order valence-corrected chi connectivity index (χ4v) is 5.97. The number of rotatable bonds is 6. The molecule has 4 N–H and O–H groups in total. The summed E-state index contributed by atoms with van der Waals surface area (Å²) in [5, 5.41) is 6.58. The van der Waals surface area contributed by atoms with Crippen molar-refractivity contribution >= 4 is 17.6 Å². The van der Waals surface area contributed by atoms with Crippen LogP contribution < -0.4 is 16.4 Å². The Balaban J connectivity index is 1.02. The van der Waals surface area contributed by atoms with Crippen LogP contribution >= 0.6 is 0 Å². The topological polar surface area (TPSA) is 100 Å². The third-order valence-corrected chi connectivity index (χ3v) is 8.10. The monoisotopic (exact) mass is 495 g/mol. The van der Waals surface area contributed by atoms with Gasteiger partial charge in [-0.3, -0.25) is 9.59 Å². The number of nitrogens with zero attached hydrogens (tertiary/aromatic N) is 2. The number of carbonyl (C=O) groups excluding carboxylic acids is 2. The van der Waals surface area contributed by atoms with Crippen molar-refractivity contribution in [2.75, 3.05) is 18.8 Å². The number of carbonyl (C=O) groups is 2. The van der Waals surface area contributed by atoms with E-state index in [1.165, 1.54) is 16.7 Å². The minimum absolute atomic E-state index is 0.0505. The second kappa shape index (κ2) is 9.98. The number of aromatic nitrogens is 1. The summed E-state index contributed by atoms with van der Waals surface area (Å²) in [6.45, 7) is 1.45. The largest absolute Gasteiger partial charge is 0.384 e. The number of hydrogen-bond acceptors (Lipinski definition) is 5. The summed E-state index contributed by atoms with van der Waals surface area (Å²) in [5.74, 6) is 0.893. The minimum atomic E-state index is -0.385. The van der Waals surface area contributed by atoms with E-state index < -0.39 is 0 Å². The van der Waals surface area contributed by atoms with Crippen molar-refractivity contribution in [3.05, 3.63) is 83.6 Å². The number of anilines is 1. The molecule has 3 aliphatic rings. The molecule has 190 valence electrons. The summed E-state index contributed by atoms with van der Waals surface area (Å²) < 4.78 is 0. The number of hydrogen-bond donors (Lipinski definition) is 3. The Morgan fingerprint density at radius 3 is 2.54 bits per heavy atom. The SMILES string of the molecule is Nc1ccc2c(n1)CCC2NC(=O)[C@@H]1CCN1C(=O)[C@H]1C[C@H](Cc2ccc(-c3ccccc3)cc2)CN1. The van der Waals surface area contributed by atoms with E-state index in [1.54, 1.807) is 11.0 Å². The van der Waals surface area contributed by atoms with E-state index in [2.05, 4.69) is 64.1 Å². The Morgan fingerprint density at radius 1 is 1.00 bits per heavy atom. The lowest BCUT2D eigenvalue weighted by Crippen LogP contribution is -2.61. The Morgan fingerprint density at radius 2 is 1.78 bits per heavy atom. The summed E-state index contributed by atoms with van der Waals surface area (Å²) in [6, 6.07) is 22.2. The lowest BCUT2D eigenvalue weighted by molar-refractivity contribution is -0.149. The van der Waals surface area contributed by atoms with Gasteiger partial charge in [0.1, 0.15) is 11.9 Å². The highest BCUT2D eigenvalue weighted by Crippen LogP contribution is 2.32. The van der Waals surface area contributed by atoms with E-state index in [0.717, 1.165) is 43.5 Å². The molecule has 0 bridgehead atoms. The van der Waals surface area contributed by atoms with Gasteiger partial charge in [-0.2, -0.15) is 0 Å². The van der Waals surface area contributed by atoms with Gasteiger partial charge >= 0.3 is 0 Å². The van der Waals surface area contributed by atoms with E-state index in [1.807, 2.05) is 12.1 Å². The quantitative estimate of drug-likeness (QED) is 0.488. The Bertz CT molecular complexity index is 1290. The smallest absolute Gasteiger partial charge is 0.243 e. The van der Waals surface area contributed by atoms with Crippen molar-refractivity contribution in [3.63, 3.8) is 0 Å². The van der Waals surface area contributed by atoms with E-state index >= 15 is 0 Å². The van der Waals surface area contributed by atoms with Crippen molar-refractivity contribution in [3.8, 4) is 11.1 Å². The first kappa shape index (κ1) is 23.7. The summed E-state index contributed by atoms with van der Waals surface area (Å²) in [7, 11) is 0. The van der Waals surface area contributed by atoms with Crippen LogP contribution in [0.3, 0.4) is 0 Å². The third-order valence-electron chi connectivity index (χ3n) is 8.10. The molecule has 7 nitrogen and oxygen atoms in total. The number of nitrogens with one attached hydrogen (secondary N) is 2. The number of aryl methyl sites for hydroxylation is 1. The number of likely N-dealkylation sites (tertiary alicyclic amines) is 1. The molecule has 3 aromatic rings. The molecule has 2 fully saturated rings. The van der Waals surface area contributed by atoms with E-state index in [-0.39, 0.29) is 29.9 Å². The average molecular weight is 496 g/mol. The number of benzene rings is 2. The highest BCUT2D eigenvalue weighted by molar-refractivity contribution is 5.91. The molecule has 37 heavy (non-hydrogen) atoms. The van der Waals surface area contributed by atoms with Crippen LogP contribution in [0.4, 0.5) is 5.82 Å². The molecule has 1 unspecified atom stereocenters. The van der Waals surface area contributed by atoms with Crippen LogP contribution in [0.15, 0.2) is 66.7 Å². The molecule has 0 spiro atoms. The molecule has 2 amide bonds. The zero-order chi connectivity index (χ0) is 25.4. The van der Waals surface area contributed by atoms with Crippen LogP contribution in [-0.4, -0.2) is 46.9 Å². The van der Waals surface area contributed by atoms with Crippen molar-refractivity contribution in [2.45, 2.75) is 50.2 Å². The van der Waals surface area contributed by atoms with Gasteiger partial charge in [0.2, 0.25) is 11.8 Å². The molecular formula is C30H33N5O2. The Kier molecular flexibility index (Phi) is 6.38. The highest BCUT2D eigenvalue weighted by atomic mass is 16.2. The Labute approximate surface area is 217 Å². The standard InChI is InChI=1S/C30H33N5O2/c31-28-13-10-23-24(33-28)11-12-25(23)34-29(36)27-14-15-35(27)30(37)26-17-20(18-32-26)16-19-6-8-22(9-7-19)21-4-2-1-3-5-21/h1-10,13,20,25-27,32H,11-12,14-18H2,(H2,31,33)(H,34,36)/t20-,25?,26+,27-/m0/s1. The second-order valence-electron chi connectivity index (χ2n) is 10.5. The van der Waals surface area contributed by atoms with Crippen molar-refractivity contribution in [1.82, 2.24) is 20.5 Å². The maximum Gasteiger partial charge on any atom is 0.243 e. The molecule has 1 aromatic heterocycles. The van der Waals surface area contributed by atoms with Crippen LogP contribution in [0.2, 0.25) is 0 Å². The van der Waals surface area contributed by atoms with Gasteiger partial charge in [-0.15, -0.1) is 0 Å². The van der Waals surface area contributed by atoms with Gasteiger partial charge in [0.15, 0.2) is 0 Å². The van der Waals surface area contributed by atoms with E-state index in [4.69, 9.17) is 5.73 Å². The first-order valence-corrected chi connectivity index (χ1v) is 13.3. The molecule has 0 saturated carbocycles.